The van der Waals surface area contributed by atoms with Crippen molar-refractivity contribution in [3.63, 3.8) is 0 Å². The second kappa shape index (κ2) is 4.14. The third-order valence-electron chi connectivity index (χ3n) is 1.64. The molecule has 0 spiro atoms. The highest BCUT2D eigenvalue weighted by molar-refractivity contribution is 6.31. The van der Waals surface area contributed by atoms with Gasteiger partial charge < -0.3 is 11.5 Å². The Kier molecular flexibility index (Phi) is 3.14. The summed E-state index contributed by atoms with van der Waals surface area (Å²) >= 11 is 5.96. The van der Waals surface area contributed by atoms with Gasteiger partial charge in [0.1, 0.15) is 0 Å². The topological polar surface area (TPSA) is 64.4 Å². The van der Waals surface area contributed by atoms with Crippen LogP contribution in [-0.2, 0) is 6.54 Å². The highest BCUT2D eigenvalue weighted by atomic mass is 35.5. The number of hydrogen-bond acceptors (Lipinski definition) is 1. The summed E-state index contributed by atoms with van der Waals surface area (Å²) in [6, 6.07) is 5.78. The summed E-state index contributed by atoms with van der Waals surface area (Å²) in [7, 11) is 0. The highest BCUT2D eigenvalue weighted by Crippen LogP contribution is 2.17. The van der Waals surface area contributed by atoms with Gasteiger partial charge in [0, 0.05) is 5.02 Å². The number of halogens is 1. The summed E-state index contributed by atoms with van der Waals surface area (Å²) in [4.78, 5) is 3.87. The van der Waals surface area contributed by atoms with E-state index >= 15 is 0 Å². The molecule has 0 aromatic heterocycles. The van der Waals surface area contributed by atoms with Crippen LogP contribution in [0.3, 0.4) is 0 Å². The van der Waals surface area contributed by atoms with Gasteiger partial charge in [-0.25, -0.2) is 4.99 Å². The normalized spacial score (nSPS) is 9.69. The number of guanidine groups is 1. The number of aliphatic imine (C=N–C) groups is 1. The van der Waals surface area contributed by atoms with E-state index in [9.17, 15) is 0 Å². The highest BCUT2D eigenvalue weighted by Gasteiger charge is 1.98. The van der Waals surface area contributed by atoms with Crippen molar-refractivity contribution in [2.75, 3.05) is 0 Å². The average molecular weight is 198 g/mol. The molecular formula is C9H12ClN3. The number of aryl methyl sites for hydroxylation is 1. The summed E-state index contributed by atoms with van der Waals surface area (Å²) in [5.74, 6) is 0.0802. The Hall–Kier alpha value is -1.22. The van der Waals surface area contributed by atoms with Crippen molar-refractivity contribution in [1.29, 1.82) is 0 Å². The van der Waals surface area contributed by atoms with Crippen molar-refractivity contribution in [2.45, 2.75) is 13.5 Å². The third-order valence-corrected chi connectivity index (χ3v) is 1.99. The van der Waals surface area contributed by atoms with Gasteiger partial charge in [-0.15, -0.1) is 0 Å². The Balaban J connectivity index is 2.84. The molecule has 0 unspecified atom stereocenters. The first-order valence-electron chi connectivity index (χ1n) is 3.90. The van der Waals surface area contributed by atoms with Crippen LogP contribution in [0, 0.1) is 6.92 Å². The lowest BCUT2D eigenvalue weighted by Gasteiger charge is -2.01. The maximum absolute atomic E-state index is 5.96. The van der Waals surface area contributed by atoms with Gasteiger partial charge in [0.25, 0.3) is 0 Å². The molecule has 4 heteroatoms. The van der Waals surface area contributed by atoms with Crippen LogP contribution in [0.2, 0.25) is 5.02 Å². The van der Waals surface area contributed by atoms with E-state index in [1.807, 2.05) is 25.1 Å². The van der Waals surface area contributed by atoms with E-state index in [4.69, 9.17) is 23.1 Å². The van der Waals surface area contributed by atoms with E-state index < -0.39 is 0 Å². The molecule has 0 atom stereocenters. The van der Waals surface area contributed by atoms with Crippen molar-refractivity contribution >= 4 is 17.6 Å². The minimum absolute atomic E-state index is 0.0802. The van der Waals surface area contributed by atoms with Crippen molar-refractivity contribution in [1.82, 2.24) is 0 Å². The van der Waals surface area contributed by atoms with Crippen LogP contribution in [0.4, 0.5) is 0 Å². The molecule has 0 aliphatic carbocycles. The Morgan fingerprint density at radius 2 is 2.15 bits per heavy atom. The maximum atomic E-state index is 5.96. The Bertz CT molecular complexity index is 330. The minimum Gasteiger partial charge on any atom is -0.370 e. The fraction of sp³-hybridized carbons (Fsp3) is 0.222. The summed E-state index contributed by atoms with van der Waals surface area (Å²) in [5.41, 5.74) is 12.5. The first-order chi connectivity index (χ1) is 6.09. The van der Waals surface area contributed by atoms with Crippen LogP contribution in [0.25, 0.3) is 0 Å². The molecule has 0 fully saturated rings. The van der Waals surface area contributed by atoms with E-state index in [2.05, 4.69) is 4.99 Å². The molecule has 0 saturated heterocycles. The average Bonchev–Trinajstić information content (AvgIpc) is 2.02. The molecule has 1 aromatic rings. The molecule has 0 bridgehead atoms. The zero-order valence-electron chi connectivity index (χ0n) is 7.42. The lowest BCUT2D eigenvalue weighted by atomic mass is 10.1. The van der Waals surface area contributed by atoms with E-state index in [0.717, 1.165) is 11.1 Å². The quantitative estimate of drug-likeness (QED) is 0.557. The van der Waals surface area contributed by atoms with E-state index in [-0.39, 0.29) is 5.96 Å². The summed E-state index contributed by atoms with van der Waals surface area (Å²) in [6.45, 7) is 2.41. The second-order valence-corrected chi connectivity index (χ2v) is 3.24. The van der Waals surface area contributed by atoms with Crippen molar-refractivity contribution in [3.8, 4) is 0 Å². The number of nitrogens with two attached hydrogens (primary N) is 2. The van der Waals surface area contributed by atoms with Gasteiger partial charge in [-0.05, 0) is 24.1 Å². The number of benzene rings is 1. The number of hydrogen-bond donors (Lipinski definition) is 2. The summed E-state index contributed by atoms with van der Waals surface area (Å²) in [5, 5.41) is 0.699. The second-order valence-electron chi connectivity index (χ2n) is 2.84. The molecular weight excluding hydrogens is 186 g/mol. The predicted molar refractivity (Wildman–Crippen MR) is 55.7 cm³/mol. The van der Waals surface area contributed by atoms with E-state index in [1.165, 1.54) is 0 Å². The lowest BCUT2D eigenvalue weighted by Crippen LogP contribution is -2.22. The molecule has 0 radical (unpaired) electrons. The number of nitrogens with zero attached hydrogens (tertiary/aromatic N) is 1. The first-order valence-corrected chi connectivity index (χ1v) is 4.28. The van der Waals surface area contributed by atoms with E-state index in [1.54, 1.807) is 0 Å². The van der Waals surface area contributed by atoms with Gasteiger partial charge in [-0.1, -0.05) is 23.7 Å². The predicted octanol–water partition coefficient (Wildman–Crippen LogP) is 1.42. The Morgan fingerprint density at radius 3 is 2.69 bits per heavy atom. The van der Waals surface area contributed by atoms with Gasteiger partial charge in [0.2, 0.25) is 0 Å². The Labute approximate surface area is 82.4 Å². The third kappa shape index (κ3) is 2.95. The van der Waals surface area contributed by atoms with Crippen molar-refractivity contribution in [3.05, 3.63) is 34.3 Å². The fourth-order valence-corrected chi connectivity index (χ4v) is 1.25. The Morgan fingerprint density at radius 1 is 1.46 bits per heavy atom. The lowest BCUT2D eigenvalue weighted by molar-refractivity contribution is 1.05. The van der Waals surface area contributed by atoms with Crippen LogP contribution in [0.1, 0.15) is 11.1 Å². The van der Waals surface area contributed by atoms with E-state index in [0.29, 0.717) is 11.6 Å². The van der Waals surface area contributed by atoms with Gasteiger partial charge in [0.15, 0.2) is 5.96 Å². The maximum Gasteiger partial charge on any atom is 0.186 e. The van der Waals surface area contributed by atoms with Crippen LogP contribution in [0.5, 0.6) is 0 Å². The molecule has 1 rings (SSSR count). The fourth-order valence-electron chi connectivity index (χ4n) is 0.957. The van der Waals surface area contributed by atoms with Crippen LogP contribution in [0.15, 0.2) is 23.2 Å². The van der Waals surface area contributed by atoms with Crippen LogP contribution in [-0.4, -0.2) is 5.96 Å². The molecule has 0 aliphatic rings. The zero-order valence-corrected chi connectivity index (χ0v) is 8.17. The molecule has 0 heterocycles. The van der Waals surface area contributed by atoms with Crippen LogP contribution >= 0.6 is 11.6 Å². The monoisotopic (exact) mass is 197 g/mol. The molecule has 3 nitrogen and oxygen atoms in total. The van der Waals surface area contributed by atoms with Gasteiger partial charge in [0.05, 0.1) is 6.54 Å². The molecule has 1 aromatic carbocycles. The van der Waals surface area contributed by atoms with Crippen molar-refractivity contribution in [2.24, 2.45) is 16.5 Å². The summed E-state index contributed by atoms with van der Waals surface area (Å²) < 4.78 is 0. The first kappa shape index (κ1) is 9.86. The molecule has 4 N–H and O–H groups in total. The zero-order chi connectivity index (χ0) is 9.84. The molecule has 0 amide bonds. The van der Waals surface area contributed by atoms with Gasteiger partial charge in [-0.3, -0.25) is 0 Å². The minimum atomic E-state index is 0.0802. The molecule has 13 heavy (non-hydrogen) atoms. The van der Waals surface area contributed by atoms with Crippen LogP contribution < -0.4 is 11.5 Å². The van der Waals surface area contributed by atoms with Gasteiger partial charge in [-0.2, -0.15) is 0 Å². The largest absolute Gasteiger partial charge is 0.370 e. The molecule has 0 saturated carbocycles. The molecule has 70 valence electrons. The van der Waals surface area contributed by atoms with Gasteiger partial charge >= 0.3 is 0 Å². The summed E-state index contributed by atoms with van der Waals surface area (Å²) in [6.07, 6.45) is 0. The number of rotatable bonds is 2. The smallest absolute Gasteiger partial charge is 0.186 e. The standard InChI is InChI=1S/C9H12ClN3/c1-6-2-3-7(8(10)4-6)5-13-9(11)12/h2-4H,5H2,1H3,(H4,11,12,13). The molecule has 0 aliphatic heterocycles. The SMILES string of the molecule is Cc1ccc(CN=C(N)N)c(Cl)c1. The van der Waals surface area contributed by atoms with Crippen molar-refractivity contribution < 1.29 is 0 Å².